The van der Waals surface area contributed by atoms with E-state index in [9.17, 15) is 19.7 Å². The zero-order valence-corrected chi connectivity index (χ0v) is 16.5. The van der Waals surface area contributed by atoms with E-state index in [0.29, 0.717) is 16.3 Å². The third-order valence-electron chi connectivity index (χ3n) is 3.58. The van der Waals surface area contributed by atoms with Crippen LogP contribution < -0.4 is 15.4 Å². The number of nitrogens with zero attached hydrogens (tertiary/aromatic N) is 1. The lowest BCUT2D eigenvalue weighted by atomic mass is 10.2. The number of amides is 2. The molecule has 0 radical (unpaired) electrons. The Morgan fingerprint density at radius 3 is 2.57 bits per heavy atom. The molecule has 0 aliphatic carbocycles. The highest BCUT2D eigenvalue weighted by atomic mass is 32.2. The van der Waals surface area contributed by atoms with E-state index in [-0.39, 0.29) is 29.0 Å². The fraction of sp³-hybridized carbons (Fsp3) is 0.263. The molecule has 0 bridgehead atoms. The van der Waals surface area contributed by atoms with Gasteiger partial charge in [0.25, 0.3) is 11.6 Å². The highest BCUT2D eigenvalue weighted by Gasteiger charge is 2.19. The maximum atomic E-state index is 12.5. The predicted molar refractivity (Wildman–Crippen MR) is 108 cm³/mol. The quantitative estimate of drug-likeness (QED) is 0.397. The maximum absolute atomic E-state index is 12.5. The van der Waals surface area contributed by atoms with E-state index >= 15 is 0 Å². The number of rotatable bonds is 8. The molecule has 0 fully saturated rings. The van der Waals surface area contributed by atoms with Gasteiger partial charge < -0.3 is 15.4 Å². The number of para-hydroxylation sites is 2. The lowest BCUT2D eigenvalue weighted by Gasteiger charge is -2.11. The molecule has 0 saturated heterocycles. The zero-order valence-electron chi connectivity index (χ0n) is 15.7. The van der Waals surface area contributed by atoms with E-state index in [1.54, 1.807) is 24.3 Å². The van der Waals surface area contributed by atoms with Crippen LogP contribution in [-0.2, 0) is 4.79 Å². The number of carbonyl (C=O) groups is 2. The Hall–Kier alpha value is -3.07. The van der Waals surface area contributed by atoms with Gasteiger partial charge in [-0.1, -0.05) is 12.1 Å². The van der Waals surface area contributed by atoms with Crippen molar-refractivity contribution in [1.29, 1.82) is 0 Å². The van der Waals surface area contributed by atoms with Crippen molar-refractivity contribution >= 4 is 35.0 Å². The van der Waals surface area contributed by atoms with Gasteiger partial charge in [-0.15, -0.1) is 11.8 Å². The van der Waals surface area contributed by atoms with Crippen LogP contribution in [-0.4, -0.2) is 35.6 Å². The molecule has 0 heterocycles. The Kier molecular flexibility index (Phi) is 7.39. The molecule has 8 nitrogen and oxygen atoms in total. The van der Waals surface area contributed by atoms with Crippen molar-refractivity contribution in [2.75, 3.05) is 18.2 Å². The summed E-state index contributed by atoms with van der Waals surface area (Å²) in [7, 11) is 1.48. The zero-order chi connectivity index (χ0) is 20.7. The van der Waals surface area contributed by atoms with Crippen molar-refractivity contribution in [2.24, 2.45) is 0 Å². The summed E-state index contributed by atoms with van der Waals surface area (Å²) >= 11 is 1.05. The van der Waals surface area contributed by atoms with Crippen molar-refractivity contribution < 1.29 is 19.2 Å². The Balaban J connectivity index is 2.18. The third-order valence-corrected chi connectivity index (χ3v) is 4.64. The van der Waals surface area contributed by atoms with E-state index < -0.39 is 10.8 Å². The van der Waals surface area contributed by atoms with E-state index in [4.69, 9.17) is 4.74 Å². The number of methoxy groups -OCH3 is 1. The van der Waals surface area contributed by atoms with Gasteiger partial charge in [-0.3, -0.25) is 19.7 Å². The topological polar surface area (TPSA) is 111 Å². The molecule has 2 amide bonds. The standard InChI is InChI=1S/C19H21N3O5S/c1-12(2)20-18(23)11-28-17-9-8-13(10-15(17)22(25)26)19(24)21-14-6-4-5-7-16(14)27-3/h4-10,12H,11H2,1-3H3,(H,20,23)(H,21,24). The van der Waals surface area contributed by atoms with Gasteiger partial charge in [0.05, 0.1) is 28.4 Å². The molecule has 0 unspecified atom stereocenters. The molecule has 2 rings (SSSR count). The number of nitro benzene ring substituents is 1. The SMILES string of the molecule is COc1ccccc1NC(=O)c1ccc(SCC(=O)NC(C)C)c([N+](=O)[O-])c1. The molecule has 2 aromatic rings. The van der Waals surface area contributed by atoms with Crippen LogP contribution >= 0.6 is 11.8 Å². The predicted octanol–water partition coefficient (Wildman–Crippen LogP) is 3.47. The van der Waals surface area contributed by atoms with Crippen molar-refractivity contribution in [3.63, 3.8) is 0 Å². The Morgan fingerprint density at radius 2 is 1.93 bits per heavy atom. The number of thioether (sulfide) groups is 1. The molecule has 28 heavy (non-hydrogen) atoms. The van der Waals surface area contributed by atoms with Crippen LogP contribution in [0.25, 0.3) is 0 Å². The van der Waals surface area contributed by atoms with Gasteiger partial charge in [-0.05, 0) is 38.1 Å². The first-order valence-corrected chi connectivity index (χ1v) is 9.45. The highest BCUT2D eigenvalue weighted by Crippen LogP contribution is 2.31. The van der Waals surface area contributed by atoms with Crippen molar-refractivity contribution in [2.45, 2.75) is 24.8 Å². The number of anilines is 1. The molecule has 0 spiro atoms. The van der Waals surface area contributed by atoms with Gasteiger partial charge in [0.15, 0.2) is 0 Å². The second-order valence-corrected chi connectivity index (χ2v) is 7.12. The molecule has 0 aromatic heterocycles. The smallest absolute Gasteiger partial charge is 0.283 e. The summed E-state index contributed by atoms with van der Waals surface area (Å²) in [5, 5.41) is 16.8. The van der Waals surface area contributed by atoms with Gasteiger partial charge >= 0.3 is 0 Å². The number of ether oxygens (including phenoxy) is 1. The molecule has 0 atom stereocenters. The maximum Gasteiger partial charge on any atom is 0.283 e. The van der Waals surface area contributed by atoms with Crippen molar-refractivity contribution in [3.8, 4) is 5.75 Å². The Bertz CT molecular complexity index is 886. The molecule has 2 N–H and O–H groups in total. The van der Waals surface area contributed by atoms with Crippen LogP contribution in [0.2, 0.25) is 0 Å². The lowest BCUT2D eigenvalue weighted by Crippen LogP contribution is -2.31. The summed E-state index contributed by atoms with van der Waals surface area (Å²) in [5.74, 6) is -0.186. The number of hydrogen-bond donors (Lipinski definition) is 2. The van der Waals surface area contributed by atoms with Crippen LogP contribution in [0.1, 0.15) is 24.2 Å². The number of benzene rings is 2. The van der Waals surface area contributed by atoms with E-state index in [1.165, 1.54) is 25.3 Å². The van der Waals surface area contributed by atoms with E-state index in [1.807, 2.05) is 13.8 Å². The summed E-state index contributed by atoms with van der Waals surface area (Å²) in [4.78, 5) is 35.4. The minimum absolute atomic E-state index is 0.0101. The first kappa shape index (κ1) is 21.2. The average Bonchev–Trinajstić information content (AvgIpc) is 2.66. The molecule has 148 valence electrons. The number of nitrogens with one attached hydrogen (secondary N) is 2. The highest BCUT2D eigenvalue weighted by molar-refractivity contribution is 8.00. The third kappa shape index (κ3) is 5.71. The van der Waals surface area contributed by atoms with Crippen LogP contribution in [0.4, 0.5) is 11.4 Å². The summed E-state index contributed by atoms with van der Waals surface area (Å²) in [5.41, 5.74) is 0.366. The van der Waals surface area contributed by atoms with Gasteiger partial charge in [-0.2, -0.15) is 0 Å². The fourth-order valence-corrected chi connectivity index (χ4v) is 3.19. The van der Waals surface area contributed by atoms with Gasteiger partial charge in [0.1, 0.15) is 5.75 Å². The fourth-order valence-electron chi connectivity index (χ4n) is 2.37. The number of carbonyl (C=O) groups excluding carboxylic acids is 2. The molecule has 2 aromatic carbocycles. The molecule has 0 saturated carbocycles. The summed E-state index contributed by atoms with van der Waals surface area (Å²) in [6, 6.07) is 11.0. The monoisotopic (exact) mass is 403 g/mol. The van der Waals surface area contributed by atoms with Crippen LogP contribution in [0, 0.1) is 10.1 Å². The Labute approximate surface area is 166 Å². The van der Waals surface area contributed by atoms with Crippen LogP contribution in [0.3, 0.4) is 0 Å². The van der Waals surface area contributed by atoms with E-state index in [2.05, 4.69) is 10.6 Å². The van der Waals surface area contributed by atoms with Crippen molar-refractivity contribution in [3.05, 3.63) is 58.1 Å². The lowest BCUT2D eigenvalue weighted by molar-refractivity contribution is -0.387. The largest absolute Gasteiger partial charge is 0.495 e. The van der Waals surface area contributed by atoms with E-state index in [0.717, 1.165) is 11.8 Å². The van der Waals surface area contributed by atoms with Gasteiger partial charge in [0.2, 0.25) is 5.91 Å². The second kappa shape index (κ2) is 9.75. The minimum atomic E-state index is -0.567. The summed E-state index contributed by atoms with van der Waals surface area (Å²) < 4.78 is 5.18. The van der Waals surface area contributed by atoms with Gasteiger partial charge in [0, 0.05) is 17.7 Å². The molecular formula is C19H21N3O5S. The van der Waals surface area contributed by atoms with Crippen LogP contribution in [0.15, 0.2) is 47.4 Å². The Morgan fingerprint density at radius 1 is 1.21 bits per heavy atom. The molecular weight excluding hydrogens is 382 g/mol. The first-order valence-electron chi connectivity index (χ1n) is 8.46. The second-order valence-electron chi connectivity index (χ2n) is 6.10. The summed E-state index contributed by atoms with van der Waals surface area (Å²) in [6.45, 7) is 3.67. The van der Waals surface area contributed by atoms with Crippen LogP contribution in [0.5, 0.6) is 5.75 Å². The van der Waals surface area contributed by atoms with Crippen molar-refractivity contribution in [1.82, 2.24) is 5.32 Å². The average molecular weight is 403 g/mol. The molecule has 0 aliphatic rings. The van der Waals surface area contributed by atoms with Gasteiger partial charge in [-0.25, -0.2) is 0 Å². The molecule has 9 heteroatoms. The number of hydrogen-bond acceptors (Lipinski definition) is 6. The first-order chi connectivity index (χ1) is 13.3. The normalized spacial score (nSPS) is 10.4. The molecule has 0 aliphatic heterocycles. The minimum Gasteiger partial charge on any atom is -0.495 e. The number of nitro groups is 1. The summed E-state index contributed by atoms with van der Waals surface area (Å²) in [6.07, 6.45) is 0.